The Morgan fingerprint density at radius 1 is 1.05 bits per heavy atom. The molecule has 0 unspecified atom stereocenters. The van der Waals surface area contributed by atoms with Crippen LogP contribution in [-0.4, -0.2) is 10.8 Å². The van der Waals surface area contributed by atoms with Gasteiger partial charge in [-0.3, -0.25) is 9.78 Å². The van der Waals surface area contributed by atoms with Crippen molar-refractivity contribution in [3.8, 4) is 0 Å². The maximum atomic E-state index is 11.9. The molecule has 20 heavy (non-hydrogen) atoms. The van der Waals surface area contributed by atoms with E-state index in [1.54, 1.807) is 6.20 Å². The van der Waals surface area contributed by atoms with E-state index in [9.17, 15) is 4.79 Å². The lowest BCUT2D eigenvalue weighted by Gasteiger charge is -1.99. The summed E-state index contributed by atoms with van der Waals surface area (Å²) < 4.78 is 0. The molecule has 102 valence electrons. The molecule has 0 atom stereocenters. The van der Waals surface area contributed by atoms with Crippen molar-refractivity contribution in [3.05, 3.63) is 72.1 Å². The van der Waals surface area contributed by atoms with E-state index in [4.69, 9.17) is 0 Å². The zero-order valence-corrected chi connectivity index (χ0v) is 11.5. The second kappa shape index (κ2) is 8.05. The second-order valence-electron chi connectivity index (χ2n) is 4.72. The van der Waals surface area contributed by atoms with Gasteiger partial charge >= 0.3 is 0 Å². The molecule has 0 N–H and O–H groups in total. The van der Waals surface area contributed by atoms with Crippen LogP contribution in [0.15, 0.2) is 60.9 Å². The van der Waals surface area contributed by atoms with Crippen molar-refractivity contribution < 1.29 is 4.79 Å². The molecule has 0 saturated heterocycles. The molecule has 2 nitrogen and oxygen atoms in total. The lowest BCUT2D eigenvalue weighted by Crippen LogP contribution is -1.97. The molecule has 1 aromatic carbocycles. The molecular weight excluding hydrogens is 246 g/mol. The number of rotatable bonds is 7. The topological polar surface area (TPSA) is 30.0 Å². The molecule has 1 aromatic heterocycles. The molecule has 0 spiro atoms. The molecule has 1 heterocycles. The van der Waals surface area contributed by atoms with Crippen LogP contribution >= 0.6 is 0 Å². The van der Waals surface area contributed by atoms with Crippen LogP contribution in [0.4, 0.5) is 0 Å². The van der Waals surface area contributed by atoms with Crippen molar-refractivity contribution in [2.45, 2.75) is 25.7 Å². The molecule has 0 aliphatic heterocycles. The number of allylic oxidation sites excluding steroid dienone is 1. The Hall–Kier alpha value is -2.22. The van der Waals surface area contributed by atoms with Gasteiger partial charge in [0.1, 0.15) is 0 Å². The summed E-state index contributed by atoms with van der Waals surface area (Å²) in [5.41, 5.74) is 1.94. The first-order chi connectivity index (χ1) is 9.86. The van der Waals surface area contributed by atoms with Crippen LogP contribution in [0.25, 0.3) is 6.08 Å². The number of carbonyl (C=O) groups is 1. The molecule has 0 aliphatic carbocycles. The van der Waals surface area contributed by atoms with Crippen LogP contribution in [0.1, 0.15) is 41.6 Å². The summed E-state index contributed by atoms with van der Waals surface area (Å²) in [4.78, 5) is 15.9. The van der Waals surface area contributed by atoms with Crippen LogP contribution in [0.3, 0.4) is 0 Å². The maximum absolute atomic E-state index is 11.9. The fourth-order valence-corrected chi connectivity index (χ4v) is 2.01. The molecule has 2 heteroatoms. The highest BCUT2D eigenvalue weighted by Gasteiger charge is 2.03. The van der Waals surface area contributed by atoms with Crippen LogP contribution in [0.2, 0.25) is 0 Å². The third-order valence-electron chi connectivity index (χ3n) is 3.12. The standard InChI is InChI=1S/C18H19NO/c20-18(17-11-5-3-6-12-17)13-7-2-1-4-9-16-10-8-14-19-15-16/h3-6,8-12,14-15H,1-2,7,13H2/b9-4-. The van der Waals surface area contributed by atoms with E-state index >= 15 is 0 Å². The Morgan fingerprint density at radius 3 is 2.65 bits per heavy atom. The van der Waals surface area contributed by atoms with Gasteiger partial charge in [-0.25, -0.2) is 0 Å². The smallest absolute Gasteiger partial charge is 0.162 e. The van der Waals surface area contributed by atoms with Crippen molar-refractivity contribution >= 4 is 11.9 Å². The van der Waals surface area contributed by atoms with Gasteiger partial charge in [-0.15, -0.1) is 0 Å². The average molecular weight is 265 g/mol. The van der Waals surface area contributed by atoms with Gasteiger partial charge in [-0.2, -0.15) is 0 Å². The summed E-state index contributed by atoms with van der Waals surface area (Å²) in [6.07, 6.45) is 11.4. The zero-order valence-electron chi connectivity index (χ0n) is 11.5. The SMILES string of the molecule is O=C(CCCC/C=C\c1cccnc1)c1ccccc1. The van der Waals surface area contributed by atoms with Crippen LogP contribution < -0.4 is 0 Å². The Labute approximate surface area is 120 Å². The highest BCUT2D eigenvalue weighted by Crippen LogP contribution is 2.09. The Morgan fingerprint density at radius 2 is 1.90 bits per heavy atom. The summed E-state index contributed by atoms with van der Waals surface area (Å²) in [6.45, 7) is 0. The molecule has 0 radical (unpaired) electrons. The van der Waals surface area contributed by atoms with Gasteiger partial charge in [0.2, 0.25) is 0 Å². The van der Waals surface area contributed by atoms with E-state index in [-0.39, 0.29) is 5.78 Å². The van der Waals surface area contributed by atoms with Gasteiger partial charge in [0, 0.05) is 24.4 Å². The highest BCUT2D eigenvalue weighted by molar-refractivity contribution is 5.95. The molecule has 0 bridgehead atoms. The monoisotopic (exact) mass is 265 g/mol. The maximum Gasteiger partial charge on any atom is 0.162 e. The molecule has 2 rings (SSSR count). The Balaban J connectivity index is 1.65. The Bertz CT molecular complexity index is 546. The minimum Gasteiger partial charge on any atom is -0.294 e. The second-order valence-corrected chi connectivity index (χ2v) is 4.72. The van der Waals surface area contributed by atoms with Gasteiger partial charge in [0.15, 0.2) is 5.78 Å². The zero-order chi connectivity index (χ0) is 14.0. The predicted octanol–water partition coefficient (Wildman–Crippen LogP) is 4.54. The fourth-order valence-electron chi connectivity index (χ4n) is 2.01. The van der Waals surface area contributed by atoms with Gasteiger partial charge in [0.25, 0.3) is 0 Å². The molecule has 0 amide bonds. The molecule has 0 aliphatic rings. The first kappa shape index (κ1) is 14.2. The van der Waals surface area contributed by atoms with Gasteiger partial charge in [-0.1, -0.05) is 48.6 Å². The fraction of sp³-hybridized carbons (Fsp3) is 0.222. The first-order valence-electron chi connectivity index (χ1n) is 7.01. The van der Waals surface area contributed by atoms with E-state index in [1.165, 1.54) is 0 Å². The summed E-state index contributed by atoms with van der Waals surface area (Å²) in [5, 5.41) is 0. The van der Waals surface area contributed by atoms with E-state index in [1.807, 2.05) is 48.7 Å². The summed E-state index contributed by atoms with van der Waals surface area (Å²) in [6, 6.07) is 13.5. The molecule has 2 aromatic rings. The van der Waals surface area contributed by atoms with Crippen molar-refractivity contribution in [1.29, 1.82) is 0 Å². The van der Waals surface area contributed by atoms with Crippen LogP contribution in [-0.2, 0) is 0 Å². The highest BCUT2D eigenvalue weighted by atomic mass is 16.1. The summed E-state index contributed by atoms with van der Waals surface area (Å²) in [7, 11) is 0. The quantitative estimate of drug-likeness (QED) is 0.543. The number of ketones is 1. The summed E-state index contributed by atoms with van der Waals surface area (Å²) in [5.74, 6) is 0.238. The third-order valence-corrected chi connectivity index (χ3v) is 3.12. The number of nitrogens with zero attached hydrogens (tertiary/aromatic N) is 1. The van der Waals surface area contributed by atoms with Crippen molar-refractivity contribution in [2.24, 2.45) is 0 Å². The van der Waals surface area contributed by atoms with Gasteiger partial charge in [-0.05, 0) is 30.9 Å². The Kier molecular flexibility index (Phi) is 5.71. The normalized spacial score (nSPS) is 10.8. The minimum atomic E-state index is 0.238. The number of hydrogen-bond donors (Lipinski definition) is 0. The molecule has 0 saturated carbocycles. The summed E-state index contributed by atoms with van der Waals surface area (Å²) >= 11 is 0. The lowest BCUT2D eigenvalue weighted by molar-refractivity contribution is 0.0979. The largest absolute Gasteiger partial charge is 0.294 e. The first-order valence-corrected chi connectivity index (χ1v) is 7.01. The van der Waals surface area contributed by atoms with Crippen molar-refractivity contribution in [2.75, 3.05) is 0 Å². The van der Waals surface area contributed by atoms with E-state index in [2.05, 4.69) is 17.1 Å². The van der Waals surface area contributed by atoms with Crippen LogP contribution in [0, 0.1) is 0 Å². The van der Waals surface area contributed by atoms with E-state index in [0.29, 0.717) is 6.42 Å². The lowest BCUT2D eigenvalue weighted by atomic mass is 10.0. The van der Waals surface area contributed by atoms with Crippen LogP contribution in [0.5, 0.6) is 0 Å². The van der Waals surface area contributed by atoms with E-state index < -0.39 is 0 Å². The predicted molar refractivity (Wildman–Crippen MR) is 82.5 cm³/mol. The molecular formula is C18H19NO. The van der Waals surface area contributed by atoms with Gasteiger partial charge < -0.3 is 0 Å². The average Bonchev–Trinajstić information content (AvgIpc) is 2.52. The number of hydrogen-bond acceptors (Lipinski definition) is 2. The van der Waals surface area contributed by atoms with E-state index in [0.717, 1.165) is 30.4 Å². The minimum absolute atomic E-state index is 0.238. The van der Waals surface area contributed by atoms with Gasteiger partial charge in [0.05, 0.1) is 0 Å². The van der Waals surface area contributed by atoms with Crippen molar-refractivity contribution in [3.63, 3.8) is 0 Å². The number of carbonyl (C=O) groups excluding carboxylic acids is 1. The molecule has 0 fully saturated rings. The number of aromatic nitrogens is 1. The number of Topliss-reactive ketones (excluding diaryl/α,β-unsaturated/α-hetero) is 1. The number of pyridine rings is 1. The number of unbranched alkanes of at least 4 members (excludes halogenated alkanes) is 2. The van der Waals surface area contributed by atoms with Crippen molar-refractivity contribution in [1.82, 2.24) is 4.98 Å². The third kappa shape index (κ3) is 4.81. The number of benzene rings is 1.